The first-order valence-corrected chi connectivity index (χ1v) is 6.90. The van der Waals surface area contributed by atoms with E-state index in [0.717, 1.165) is 6.54 Å². The predicted octanol–water partition coefficient (Wildman–Crippen LogP) is 0.384. The molecule has 1 amide bonds. The third-order valence-corrected chi connectivity index (χ3v) is 3.54. The molecule has 5 nitrogen and oxygen atoms in total. The van der Waals surface area contributed by atoms with Crippen LogP contribution in [0, 0.1) is 0 Å². The molecule has 1 aromatic carbocycles. The van der Waals surface area contributed by atoms with E-state index >= 15 is 0 Å². The number of aliphatic hydroxyl groups excluding tert-OH is 1. The van der Waals surface area contributed by atoms with Gasteiger partial charge in [0, 0.05) is 32.8 Å². The molecule has 2 atom stereocenters. The van der Waals surface area contributed by atoms with Crippen molar-refractivity contribution >= 4 is 5.91 Å². The van der Waals surface area contributed by atoms with E-state index in [0.29, 0.717) is 19.5 Å². The van der Waals surface area contributed by atoms with Crippen molar-refractivity contribution in [1.29, 1.82) is 0 Å². The van der Waals surface area contributed by atoms with E-state index in [1.54, 1.807) is 0 Å². The summed E-state index contributed by atoms with van der Waals surface area (Å²) >= 11 is 0. The summed E-state index contributed by atoms with van der Waals surface area (Å²) in [5, 5.41) is 12.7. The van der Waals surface area contributed by atoms with Crippen molar-refractivity contribution in [2.75, 3.05) is 26.8 Å². The van der Waals surface area contributed by atoms with Crippen LogP contribution in [0.4, 0.5) is 0 Å². The fourth-order valence-electron chi connectivity index (χ4n) is 2.60. The third-order valence-electron chi connectivity index (χ3n) is 3.54. The Balaban J connectivity index is 1.88. The highest BCUT2D eigenvalue weighted by Gasteiger charge is 2.30. The highest BCUT2D eigenvalue weighted by Crippen LogP contribution is 2.20. The molecule has 20 heavy (non-hydrogen) atoms. The highest BCUT2D eigenvalue weighted by atomic mass is 16.5. The highest BCUT2D eigenvalue weighted by molar-refractivity contribution is 5.77. The molecule has 1 heterocycles. The zero-order chi connectivity index (χ0) is 14.4. The molecule has 0 aromatic heterocycles. The standard InChI is InChI=1S/C15H22N2O3/c1-20-11-15(19)16-8-13-7-14(18)10-17(13)9-12-5-3-2-4-6-12/h2-6,13-14,18H,7-11H2,1H3,(H,16,19). The normalized spacial score (nSPS) is 22.9. The van der Waals surface area contributed by atoms with E-state index in [2.05, 4.69) is 22.3 Å². The van der Waals surface area contributed by atoms with Gasteiger partial charge in [-0.1, -0.05) is 30.3 Å². The Morgan fingerprint density at radius 2 is 2.20 bits per heavy atom. The van der Waals surface area contributed by atoms with Crippen LogP contribution in [-0.4, -0.2) is 54.9 Å². The molecule has 0 aliphatic carbocycles. The molecule has 2 N–H and O–H groups in total. The van der Waals surface area contributed by atoms with E-state index < -0.39 is 0 Å². The lowest BCUT2D eigenvalue weighted by Gasteiger charge is -2.24. The fourth-order valence-corrected chi connectivity index (χ4v) is 2.60. The van der Waals surface area contributed by atoms with Crippen LogP contribution in [0.25, 0.3) is 0 Å². The molecule has 1 aliphatic heterocycles. The molecule has 0 bridgehead atoms. The number of hydrogen-bond acceptors (Lipinski definition) is 4. The molecular weight excluding hydrogens is 256 g/mol. The molecule has 1 fully saturated rings. The number of carbonyl (C=O) groups is 1. The quantitative estimate of drug-likeness (QED) is 0.790. The Bertz CT molecular complexity index is 424. The predicted molar refractivity (Wildman–Crippen MR) is 76.1 cm³/mol. The van der Waals surface area contributed by atoms with Gasteiger partial charge in [0.1, 0.15) is 6.61 Å². The van der Waals surface area contributed by atoms with E-state index in [4.69, 9.17) is 4.74 Å². The summed E-state index contributed by atoms with van der Waals surface area (Å²) in [6, 6.07) is 10.3. The number of aliphatic hydroxyl groups is 1. The Hall–Kier alpha value is -1.43. The number of hydrogen-bond donors (Lipinski definition) is 2. The second-order valence-corrected chi connectivity index (χ2v) is 5.20. The number of nitrogens with zero attached hydrogens (tertiary/aromatic N) is 1. The van der Waals surface area contributed by atoms with Crippen molar-refractivity contribution in [1.82, 2.24) is 10.2 Å². The second kappa shape index (κ2) is 7.38. The van der Waals surface area contributed by atoms with Crippen LogP contribution >= 0.6 is 0 Å². The summed E-state index contributed by atoms with van der Waals surface area (Å²) in [5.41, 5.74) is 1.22. The van der Waals surface area contributed by atoms with Gasteiger partial charge in [-0.3, -0.25) is 9.69 Å². The maximum Gasteiger partial charge on any atom is 0.246 e. The lowest BCUT2D eigenvalue weighted by molar-refractivity contribution is -0.124. The topological polar surface area (TPSA) is 61.8 Å². The molecule has 0 spiro atoms. The lowest BCUT2D eigenvalue weighted by Crippen LogP contribution is -2.40. The second-order valence-electron chi connectivity index (χ2n) is 5.20. The first kappa shape index (κ1) is 15.0. The molecule has 0 radical (unpaired) electrons. The zero-order valence-corrected chi connectivity index (χ0v) is 11.8. The molecular formula is C15H22N2O3. The van der Waals surface area contributed by atoms with Crippen LogP contribution in [-0.2, 0) is 16.1 Å². The Kier molecular flexibility index (Phi) is 5.52. The summed E-state index contributed by atoms with van der Waals surface area (Å²) in [6.45, 7) is 2.07. The number of ether oxygens (including phenoxy) is 1. The van der Waals surface area contributed by atoms with Gasteiger partial charge >= 0.3 is 0 Å². The van der Waals surface area contributed by atoms with Gasteiger partial charge in [-0.15, -0.1) is 0 Å². The minimum absolute atomic E-state index is 0.0773. The van der Waals surface area contributed by atoms with Crippen LogP contribution in [0.3, 0.4) is 0 Å². The van der Waals surface area contributed by atoms with Crippen molar-refractivity contribution < 1.29 is 14.6 Å². The Morgan fingerprint density at radius 1 is 1.45 bits per heavy atom. The van der Waals surface area contributed by atoms with Crippen LogP contribution in [0.2, 0.25) is 0 Å². The van der Waals surface area contributed by atoms with E-state index in [1.165, 1.54) is 12.7 Å². The number of methoxy groups -OCH3 is 1. The largest absolute Gasteiger partial charge is 0.392 e. The molecule has 5 heteroatoms. The summed E-state index contributed by atoms with van der Waals surface area (Å²) in [7, 11) is 1.50. The van der Waals surface area contributed by atoms with Crippen molar-refractivity contribution in [2.24, 2.45) is 0 Å². The molecule has 0 saturated carbocycles. The zero-order valence-electron chi connectivity index (χ0n) is 11.8. The number of benzene rings is 1. The molecule has 1 aliphatic rings. The number of rotatable bonds is 6. The smallest absolute Gasteiger partial charge is 0.246 e. The van der Waals surface area contributed by atoms with E-state index in [9.17, 15) is 9.90 Å². The van der Waals surface area contributed by atoms with Crippen molar-refractivity contribution in [3.8, 4) is 0 Å². The first-order valence-electron chi connectivity index (χ1n) is 6.90. The minimum Gasteiger partial charge on any atom is -0.392 e. The molecule has 110 valence electrons. The van der Waals surface area contributed by atoms with Crippen LogP contribution < -0.4 is 5.32 Å². The molecule has 1 saturated heterocycles. The molecule has 2 unspecified atom stereocenters. The third kappa shape index (κ3) is 4.30. The Labute approximate surface area is 119 Å². The van der Waals surface area contributed by atoms with Gasteiger partial charge in [0.15, 0.2) is 0 Å². The van der Waals surface area contributed by atoms with Crippen molar-refractivity contribution in [3.05, 3.63) is 35.9 Å². The lowest BCUT2D eigenvalue weighted by atomic mass is 10.1. The van der Waals surface area contributed by atoms with Crippen LogP contribution in [0.5, 0.6) is 0 Å². The van der Waals surface area contributed by atoms with E-state index in [-0.39, 0.29) is 24.7 Å². The average Bonchev–Trinajstić information content (AvgIpc) is 2.78. The molecule has 2 rings (SSSR count). The van der Waals surface area contributed by atoms with Gasteiger partial charge < -0.3 is 15.2 Å². The van der Waals surface area contributed by atoms with Crippen molar-refractivity contribution in [3.63, 3.8) is 0 Å². The number of β-amino-alcohol motifs (C(OH)–C–C–N with tert-alkyl or cyclic N) is 1. The van der Waals surface area contributed by atoms with Gasteiger partial charge in [-0.25, -0.2) is 0 Å². The number of carbonyl (C=O) groups excluding carboxylic acids is 1. The van der Waals surface area contributed by atoms with Gasteiger partial charge in [0.25, 0.3) is 0 Å². The maximum absolute atomic E-state index is 11.4. The summed E-state index contributed by atoms with van der Waals surface area (Å²) < 4.78 is 4.79. The van der Waals surface area contributed by atoms with Gasteiger partial charge in [0.05, 0.1) is 6.10 Å². The van der Waals surface area contributed by atoms with Gasteiger partial charge in [0.2, 0.25) is 5.91 Å². The molecule has 1 aromatic rings. The van der Waals surface area contributed by atoms with Crippen molar-refractivity contribution in [2.45, 2.75) is 25.1 Å². The fraction of sp³-hybridized carbons (Fsp3) is 0.533. The van der Waals surface area contributed by atoms with E-state index in [1.807, 2.05) is 18.2 Å². The van der Waals surface area contributed by atoms with Gasteiger partial charge in [-0.2, -0.15) is 0 Å². The SMILES string of the molecule is COCC(=O)NCC1CC(O)CN1Cc1ccccc1. The summed E-state index contributed by atoms with van der Waals surface area (Å²) in [4.78, 5) is 13.6. The number of amides is 1. The minimum atomic E-state index is -0.317. The van der Waals surface area contributed by atoms with Crippen LogP contribution in [0.15, 0.2) is 30.3 Å². The summed E-state index contributed by atoms with van der Waals surface area (Å²) in [5.74, 6) is -0.117. The van der Waals surface area contributed by atoms with Crippen LogP contribution in [0.1, 0.15) is 12.0 Å². The summed E-state index contributed by atoms with van der Waals surface area (Å²) in [6.07, 6.45) is 0.378. The maximum atomic E-state index is 11.4. The first-order chi connectivity index (χ1) is 9.69. The number of nitrogens with one attached hydrogen (secondary N) is 1. The Morgan fingerprint density at radius 3 is 2.90 bits per heavy atom. The van der Waals surface area contributed by atoms with Gasteiger partial charge in [-0.05, 0) is 12.0 Å². The number of likely N-dealkylation sites (tertiary alicyclic amines) is 1. The average molecular weight is 278 g/mol. The monoisotopic (exact) mass is 278 g/mol.